The summed E-state index contributed by atoms with van der Waals surface area (Å²) in [5.41, 5.74) is 4.59. The van der Waals surface area contributed by atoms with Crippen molar-refractivity contribution in [3.8, 4) is 5.75 Å². The smallest absolute Gasteiger partial charge is 0.249 e. The van der Waals surface area contributed by atoms with Crippen molar-refractivity contribution in [3.63, 3.8) is 0 Å². The van der Waals surface area contributed by atoms with Crippen LogP contribution in [-0.4, -0.2) is 33.9 Å². The maximum Gasteiger partial charge on any atom is 0.249 e. The Labute approximate surface area is 226 Å². The molecule has 0 radical (unpaired) electrons. The fourth-order valence-corrected chi connectivity index (χ4v) is 4.59. The third-order valence-corrected chi connectivity index (χ3v) is 6.62. The molecule has 196 valence electrons. The van der Waals surface area contributed by atoms with Crippen LogP contribution in [0.25, 0.3) is 11.0 Å². The average Bonchev–Trinajstić information content (AvgIpc) is 3.38. The maximum atomic E-state index is 14.1. The molecule has 1 atom stereocenters. The number of ether oxygens (including phenoxy) is 1. The van der Waals surface area contributed by atoms with Crippen LogP contribution in [0.4, 0.5) is 5.69 Å². The Kier molecular flexibility index (Phi) is 7.63. The van der Waals surface area contributed by atoms with Crippen LogP contribution in [0.1, 0.15) is 22.7 Å². The highest BCUT2D eigenvalue weighted by molar-refractivity contribution is 6.01. The standard InChI is InChI=1S/C31H29N5O3/c1-22-10-6-7-13-26(22)30(31(38)32-20-23-11-4-3-5-12-23)36(24-16-18-25(39-2)19-17-24)29(37)21-35-28-15-9-8-14-27(28)33-34-35/h3-19,30H,20-21H2,1-2H3,(H,32,38). The minimum absolute atomic E-state index is 0.0963. The van der Waals surface area contributed by atoms with E-state index in [0.29, 0.717) is 23.5 Å². The third kappa shape index (κ3) is 5.65. The van der Waals surface area contributed by atoms with Crippen LogP contribution in [-0.2, 0) is 22.7 Å². The number of carbonyl (C=O) groups is 2. The predicted octanol–water partition coefficient (Wildman–Crippen LogP) is 4.84. The van der Waals surface area contributed by atoms with Gasteiger partial charge in [-0.1, -0.05) is 71.9 Å². The number of nitrogens with one attached hydrogen (secondary N) is 1. The summed E-state index contributed by atoms with van der Waals surface area (Å²) in [5, 5.41) is 11.4. The zero-order valence-electron chi connectivity index (χ0n) is 21.8. The van der Waals surface area contributed by atoms with Crippen molar-refractivity contribution in [2.24, 2.45) is 0 Å². The van der Waals surface area contributed by atoms with Gasteiger partial charge < -0.3 is 10.1 Å². The highest BCUT2D eigenvalue weighted by atomic mass is 16.5. The molecule has 1 aromatic heterocycles. The normalized spacial score (nSPS) is 11.6. The van der Waals surface area contributed by atoms with E-state index in [1.807, 2.05) is 85.8 Å². The number of aromatic nitrogens is 3. The van der Waals surface area contributed by atoms with E-state index in [1.54, 1.807) is 41.0 Å². The Balaban J connectivity index is 1.56. The van der Waals surface area contributed by atoms with Gasteiger partial charge in [-0.15, -0.1) is 5.10 Å². The molecule has 0 aliphatic heterocycles. The first-order valence-electron chi connectivity index (χ1n) is 12.7. The van der Waals surface area contributed by atoms with Crippen molar-refractivity contribution in [1.29, 1.82) is 0 Å². The van der Waals surface area contributed by atoms with E-state index in [1.165, 1.54) is 0 Å². The van der Waals surface area contributed by atoms with Gasteiger partial charge in [0.05, 0.1) is 12.6 Å². The van der Waals surface area contributed by atoms with Crippen LogP contribution >= 0.6 is 0 Å². The number of para-hydroxylation sites is 1. The Bertz CT molecular complexity index is 1580. The molecule has 5 aromatic rings. The van der Waals surface area contributed by atoms with Crippen LogP contribution in [0, 0.1) is 6.92 Å². The molecule has 1 unspecified atom stereocenters. The van der Waals surface area contributed by atoms with Gasteiger partial charge in [-0.25, -0.2) is 4.68 Å². The van der Waals surface area contributed by atoms with E-state index in [0.717, 1.165) is 22.2 Å². The van der Waals surface area contributed by atoms with E-state index in [2.05, 4.69) is 15.6 Å². The van der Waals surface area contributed by atoms with Gasteiger partial charge in [0.25, 0.3) is 0 Å². The second kappa shape index (κ2) is 11.6. The lowest BCUT2D eigenvalue weighted by Gasteiger charge is -2.32. The fraction of sp³-hybridized carbons (Fsp3) is 0.161. The van der Waals surface area contributed by atoms with Crippen LogP contribution in [0.2, 0.25) is 0 Å². The minimum atomic E-state index is -0.925. The van der Waals surface area contributed by atoms with Gasteiger partial charge in [0.1, 0.15) is 23.9 Å². The highest BCUT2D eigenvalue weighted by Crippen LogP contribution is 2.31. The summed E-state index contributed by atoms with van der Waals surface area (Å²) in [7, 11) is 1.58. The minimum Gasteiger partial charge on any atom is -0.497 e. The molecule has 8 nitrogen and oxygen atoms in total. The van der Waals surface area contributed by atoms with Gasteiger partial charge in [0.2, 0.25) is 11.8 Å². The zero-order valence-corrected chi connectivity index (χ0v) is 21.8. The summed E-state index contributed by atoms with van der Waals surface area (Å²) >= 11 is 0. The monoisotopic (exact) mass is 519 g/mol. The number of hydrogen-bond donors (Lipinski definition) is 1. The highest BCUT2D eigenvalue weighted by Gasteiger charge is 2.34. The Morgan fingerprint density at radius 3 is 2.33 bits per heavy atom. The van der Waals surface area contributed by atoms with Crippen LogP contribution in [0.3, 0.4) is 0 Å². The summed E-state index contributed by atoms with van der Waals surface area (Å²) in [6.45, 7) is 2.18. The number of anilines is 1. The van der Waals surface area contributed by atoms with E-state index >= 15 is 0 Å². The molecular formula is C31H29N5O3. The number of hydrogen-bond acceptors (Lipinski definition) is 5. The number of methoxy groups -OCH3 is 1. The number of carbonyl (C=O) groups excluding carboxylic acids is 2. The van der Waals surface area contributed by atoms with E-state index in [9.17, 15) is 9.59 Å². The van der Waals surface area contributed by atoms with Crippen molar-refractivity contribution in [2.45, 2.75) is 26.1 Å². The molecule has 0 aliphatic carbocycles. The van der Waals surface area contributed by atoms with Crippen molar-refractivity contribution < 1.29 is 14.3 Å². The predicted molar refractivity (Wildman–Crippen MR) is 150 cm³/mol. The number of fused-ring (bicyclic) bond motifs is 1. The van der Waals surface area contributed by atoms with Crippen LogP contribution in [0.5, 0.6) is 5.75 Å². The molecule has 0 fully saturated rings. The van der Waals surface area contributed by atoms with Crippen molar-refractivity contribution in [1.82, 2.24) is 20.3 Å². The molecular weight excluding hydrogens is 490 g/mol. The number of amides is 2. The molecule has 0 aliphatic rings. The van der Waals surface area contributed by atoms with Gasteiger partial charge >= 0.3 is 0 Å². The molecule has 0 saturated heterocycles. The average molecular weight is 520 g/mol. The second-order valence-corrected chi connectivity index (χ2v) is 9.16. The number of aryl methyl sites for hydroxylation is 1. The molecule has 8 heteroatoms. The molecule has 0 saturated carbocycles. The van der Waals surface area contributed by atoms with Crippen LogP contribution in [0.15, 0.2) is 103 Å². The fourth-order valence-electron chi connectivity index (χ4n) is 4.59. The van der Waals surface area contributed by atoms with Crippen molar-refractivity contribution >= 4 is 28.5 Å². The summed E-state index contributed by atoms with van der Waals surface area (Å²) in [6, 6.07) is 31.0. The second-order valence-electron chi connectivity index (χ2n) is 9.16. The maximum absolute atomic E-state index is 14.1. The topological polar surface area (TPSA) is 89.3 Å². The lowest BCUT2D eigenvalue weighted by atomic mass is 9.98. The molecule has 39 heavy (non-hydrogen) atoms. The molecule has 4 aromatic carbocycles. The number of rotatable bonds is 9. The zero-order chi connectivity index (χ0) is 27.2. The van der Waals surface area contributed by atoms with Gasteiger partial charge in [-0.05, 0) is 60.0 Å². The molecule has 1 heterocycles. The van der Waals surface area contributed by atoms with E-state index in [-0.39, 0.29) is 18.4 Å². The molecule has 5 rings (SSSR count). The lowest BCUT2D eigenvalue weighted by Crippen LogP contribution is -2.45. The molecule has 0 bridgehead atoms. The van der Waals surface area contributed by atoms with Gasteiger partial charge in [-0.3, -0.25) is 14.5 Å². The number of nitrogens with zero attached hydrogens (tertiary/aromatic N) is 4. The Hall–Kier alpha value is -4.98. The summed E-state index contributed by atoms with van der Waals surface area (Å²) in [4.78, 5) is 29.6. The van der Waals surface area contributed by atoms with Gasteiger partial charge in [0, 0.05) is 12.2 Å². The molecule has 1 N–H and O–H groups in total. The largest absolute Gasteiger partial charge is 0.497 e. The SMILES string of the molecule is COc1ccc(N(C(=O)Cn2nnc3ccccc32)C(C(=O)NCc2ccccc2)c2ccccc2C)cc1. The quantitative estimate of drug-likeness (QED) is 0.301. The molecule has 2 amide bonds. The summed E-state index contributed by atoms with van der Waals surface area (Å²) < 4.78 is 6.90. The first kappa shape index (κ1) is 25.7. The first-order chi connectivity index (χ1) is 19.0. The number of benzene rings is 4. The van der Waals surface area contributed by atoms with E-state index < -0.39 is 6.04 Å². The van der Waals surface area contributed by atoms with Crippen molar-refractivity contribution in [3.05, 3.63) is 120 Å². The summed E-state index contributed by atoms with van der Waals surface area (Å²) in [5.74, 6) is 0.0501. The van der Waals surface area contributed by atoms with Gasteiger partial charge in [-0.2, -0.15) is 0 Å². The Morgan fingerprint density at radius 1 is 0.897 bits per heavy atom. The van der Waals surface area contributed by atoms with Crippen LogP contribution < -0.4 is 15.0 Å². The summed E-state index contributed by atoms with van der Waals surface area (Å²) in [6.07, 6.45) is 0. The first-order valence-corrected chi connectivity index (χ1v) is 12.7. The van der Waals surface area contributed by atoms with Gasteiger partial charge in [0.15, 0.2) is 0 Å². The van der Waals surface area contributed by atoms with E-state index in [4.69, 9.17) is 4.74 Å². The molecule has 0 spiro atoms. The lowest BCUT2D eigenvalue weighted by molar-refractivity contribution is -0.127. The third-order valence-electron chi connectivity index (χ3n) is 6.62. The Morgan fingerprint density at radius 2 is 1.59 bits per heavy atom. The van der Waals surface area contributed by atoms with Crippen molar-refractivity contribution in [2.75, 3.05) is 12.0 Å².